The molecular formula is C17H16BrN3O3S. The first-order chi connectivity index (χ1) is 12.1. The second-order valence-corrected chi connectivity index (χ2v) is 7.32. The number of para-hydroxylation sites is 1. The summed E-state index contributed by atoms with van der Waals surface area (Å²) in [5.74, 6) is -0.388. The maximum atomic E-state index is 12.3. The monoisotopic (exact) mass is 421 g/mol. The Morgan fingerprint density at radius 1 is 1.20 bits per heavy atom. The largest absolute Gasteiger partial charge is 0.492 e. The van der Waals surface area contributed by atoms with Crippen LogP contribution in [0.4, 0.5) is 0 Å². The molecule has 2 aromatic heterocycles. The van der Waals surface area contributed by atoms with E-state index in [9.17, 15) is 9.59 Å². The Morgan fingerprint density at radius 3 is 2.72 bits per heavy atom. The van der Waals surface area contributed by atoms with Gasteiger partial charge in [-0.15, -0.1) is 11.3 Å². The van der Waals surface area contributed by atoms with Crippen LogP contribution in [-0.4, -0.2) is 28.7 Å². The number of halogens is 1. The van der Waals surface area contributed by atoms with Gasteiger partial charge in [0.25, 0.3) is 11.8 Å². The van der Waals surface area contributed by atoms with Crippen LogP contribution in [0.1, 0.15) is 25.7 Å². The van der Waals surface area contributed by atoms with Gasteiger partial charge in [-0.3, -0.25) is 20.4 Å². The number of benzene rings is 1. The summed E-state index contributed by atoms with van der Waals surface area (Å²) in [6.07, 6.45) is 0. The number of thiophene rings is 1. The number of fused-ring (bicyclic) bond motifs is 1. The highest BCUT2D eigenvalue weighted by molar-refractivity contribution is 9.09. The summed E-state index contributed by atoms with van der Waals surface area (Å²) >= 11 is 4.85. The first-order valence-electron chi connectivity index (χ1n) is 7.56. The van der Waals surface area contributed by atoms with E-state index in [4.69, 9.17) is 4.74 Å². The minimum Gasteiger partial charge on any atom is -0.492 e. The number of amides is 2. The number of H-pyrrole nitrogens is 1. The fourth-order valence-corrected chi connectivity index (χ4v) is 3.42. The molecule has 0 unspecified atom stereocenters. The van der Waals surface area contributed by atoms with Crippen molar-refractivity contribution in [1.29, 1.82) is 0 Å². The molecule has 3 N–H and O–H groups in total. The minimum atomic E-state index is -0.442. The van der Waals surface area contributed by atoms with Crippen LogP contribution in [-0.2, 0) is 0 Å². The fraction of sp³-hybridized carbons (Fsp3) is 0.176. The van der Waals surface area contributed by atoms with Crippen molar-refractivity contribution in [1.82, 2.24) is 15.8 Å². The summed E-state index contributed by atoms with van der Waals surface area (Å²) in [6.45, 7) is 2.45. The number of aryl methyl sites for hydroxylation is 1. The van der Waals surface area contributed by atoms with E-state index in [2.05, 4.69) is 31.8 Å². The summed E-state index contributed by atoms with van der Waals surface area (Å²) in [6, 6.07) is 10.6. The van der Waals surface area contributed by atoms with E-state index < -0.39 is 11.8 Å². The van der Waals surface area contributed by atoms with E-state index in [1.165, 1.54) is 4.88 Å². The van der Waals surface area contributed by atoms with Crippen molar-refractivity contribution in [2.24, 2.45) is 0 Å². The van der Waals surface area contributed by atoms with Crippen molar-refractivity contribution in [3.8, 4) is 5.75 Å². The van der Waals surface area contributed by atoms with E-state index in [0.29, 0.717) is 28.9 Å². The Morgan fingerprint density at radius 2 is 1.96 bits per heavy atom. The van der Waals surface area contributed by atoms with Crippen molar-refractivity contribution in [3.05, 3.63) is 52.5 Å². The third-order valence-electron chi connectivity index (χ3n) is 3.43. The number of carbonyl (C=O) groups excluding carboxylic acids is 2. The number of aromatic nitrogens is 1. The van der Waals surface area contributed by atoms with Crippen LogP contribution in [0.2, 0.25) is 0 Å². The molecule has 2 amide bonds. The number of rotatable bonds is 5. The Hall–Kier alpha value is -2.32. The first kappa shape index (κ1) is 17.5. The number of hydrazine groups is 1. The SMILES string of the molecule is Cc1cc2cc(C(=O)NNC(=O)c3ccccc3OCCBr)[nH]c2s1. The zero-order valence-electron chi connectivity index (χ0n) is 13.4. The molecule has 0 aliphatic rings. The number of nitrogens with one attached hydrogen (secondary N) is 3. The summed E-state index contributed by atoms with van der Waals surface area (Å²) in [7, 11) is 0. The fourth-order valence-electron chi connectivity index (χ4n) is 2.35. The second kappa shape index (κ2) is 7.71. The van der Waals surface area contributed by atoms with E-state index in [1.54, 1.807) is 41.7 Å². The molecule has 1 aromatic carbocycles. The molecular weight excluding hydrogens is 406 g/mol. The van der Waals surface area contributed by atoms with Gasteiger partial charge in [0.2, 0.25) is 0 Å². The van der Waals surface area contributed by atoms with E-state index >= 15 is 0 Å². The Balaban J connectivity index is 1.65. The lowest BCUT2D eigenvalue weighted by Crippen LogP contribution is -2.41. The van der Waals surface area contributed by atoms with Crippen LogP contribution < -0.4 is 15.6 Å². The number of alkyl halides is 1. The maximum absolute atomic E-state index is 12.3. The van der Waals surface area contributed by atoms with Gasteiger partial charge >= 0.3 is 0 Å². The number of carbonyl (C=O) groups is 2. The van der Waals surface area contributed by atoms with Crippen LogP contribution in [0, 0.1) is 6.92 Å². The highest BCUT2D eigenvalue weighted by atomic mass is 79.9. The molecule has 8 heteroatoms. The third-order valence-corrected chi connectivity index (χ3v) is 4.74. The van der Waals surface area contributed by atoms with Gasteiger partial charge in [0.15, 0.2) is 0 Å². The highest BCUT2D eigenvalue weighted by Gasteiger charge is 2.15. The Kier molecular flexibility index (Phi) is 5.40. The van der Waals surface area contributed by atoms with Crippen molar-refractivity contribution < 1.29 is 14.3 Å². The van der Waals surface area contributed by atoms with Gasteiger partial charge in [-0.1, -0.05) is 28.1 Å². The predicted molar refractivity (Wildman–Crippen MR) is 102 cm³/mol. The lowest BCUT2D eigenvalue weighted by atomic mass is 10.2. The van der Waals surface area contributed by atoms with Crippen LogP contribution >= 0.6 is 27.3 Å². The Bertz CT molecular complexity index is 887. The average Bonchev–Trinajstić information content (AvgIpc) is 3.15. The molecule has 3 aromatic rings. The molecule has 6 nitrogen and oxygen atoms in total. The summed E-state index contributed by atoms with van der Waals surface area (Å²) in [5, 5.41) is 1.64. The molecule has 0 saturated heterocycles. The number of aromatic amines is 1. The van der Waals surface area contributed by atoms with E-state index in [1.807, 2.05) is 13.0 Å². The van der Waals surface area contributed by atoms with Gasteiger partial charge in [0.1, 0.15) is 16.3 Å². The molecule has 2 heterocycles. The maximum Gasteiger partial charge on any atom is 0.286 e. The predicted octanol–water partition coefficient (Wildman–Crippen LogP) is 3.39. The molecule has 0 atom stereocenters. The zero-order chi connectivity index (χ0) is 17.8. The smallest absolute Gasteiger partial charge is 0.286 e. The second-order valence-electron chi connectivity index (χ2n) is 5.27. The lowest BCUT2D eigenvalue weighted by Gasteiger charge is -2.11. The summed E-state index contributed by atoms with van der Waals surface area (Å²) < 4.78 is 5.51. The standard InChI is InChI=1S/C17H16BrN3O3S/c1-10-8-11-9-13(19-17(11)25-10)16(23)21-20-15(22)12-4-2-3-5-14(12)24-7-6-18/h2-5,8-9,19H,6-7H2,1H3,(H,20,22)(H,21,23). The molecule has 0 saturated carbocycles. The van der Waals surface area contributed by atoms with Crippen LogP contribution in [0.25, 0.3) is 10.2 Å². The molecule has 0 fully saturated rings. The topological polar surface area (TPSA) is 83.2 Å². The van der Waals surface area contributed by atoms with Crippen molar-refractivity contribution in [2.75, 3.05) is 11.9 Å². The van der Waals surface area contributed by atoms with Gasteiger partial charge in [-0.05, 0) is 31.2 Å². The van der Waals surface area contributed by atoms with Gasteiger partial charge in [0, 0.05) is 15.6 Å². The lowest BCUT2D eigenvalue weighted by molar-refractivity contribution is 0.0842. The first-order valence-corrected chi connectivity index (χ1v) is 9.50. The van der Waals surface area contributed by atoms with Crippen LogP contribution in [0.5, 0.6) is 5.75 Å². The van der Waals surface area contributed by atoms with Gasteiger partial charge in [-0.25, -0.2) is 0 Å². The third kappa shape index (κ3) is 4.02. The molecule has 0 aliphatic heterocycles. The molecule has 25 heavy (non-hydrogen) atoms. The van der Waals surface area contributed by atoms with Crippen molar-refractivity contribution >= 4 is 49.3 Å². The summed E-state index contributed by atoms with van der Waals surface area (Å²) in [5.41, 5.74) is 5.58. The van der Waals surface area contributed by atoms with E-state index in [0.717, 1.165) is 10.2 Å². The summed E-state index contributed by atoms with van der Waals surface area (Å²) in [4.78, 5) is 29.7. The normalized spacial score (nSPS) is 10.6. The Labute approximate surface area is 156 Å². The van der Waals surface area contributed by atoms with Crippen molar-refractivity contribution in [2.45, 2.75) is 6.92 Å². The molecule has 0 radical (unpaired) electrons. The van der Waals surface area contributed by atoms with Crippen LogP contribution in [0.3, 0.4) is 0 Å². The number of hydrogen-bond donors (Lipinski definition) is 3. The number of hydrogen-bond acceptors (Lipinski definition) is 4. The van der Waals surface area contributed by atoms with Gasteiger partial charge in [0.05, 0.1) is 12.2 Å². The molecule has 3 rings (SSSR count). The van der Waals surface area contributed by atoms with Crippen molar-refractivity contribution in [3.63, 3.8) is 0 Å². The average molecular weight is 422 g/mol. The number of ether oxygens (including phenoxy) is 1. The quantitative estimate of drug-likeness (QED) is 0.436. The molecule has 130 valence electrons. The molecule has 0 bridgehead atoms. The van der Waals surface area contributed by atoms with E-state index in [-0.39, 0.29) is 0 Å². The minimum absolute atomic E-state index is 0.354. The molecule has 0 spiro atoms. The van der Waals surface area contributed by atoms with Crippen LogP contribution in [0.15, 0.2) is 36.4 Å². The zero-order valence-corrected chi connectivity index (χ0v) is 15.8. The van der Waals surface area contributed by atoms with Gasteiger partial charge in [-0.2, -0.15) is 0 Å². The highest BCUT2D eigenvalue weighted by Crippen LogP contribution is 2.25. The molecule has 0 aliphatic carbocycles. The van der Waals surface area contributed by atoms with Gasteiger partial charge < -0.3 is 9.72 Å².